The van der Waals surface area contributed by atoms with Crippen LogP contribution in [0.3, 0.4) is 0 Å². The van der Waals surface area contributed by atoms with Crippen LogP contribution in [0.15, 0.2) is 97.5 Å². The van der Waals surface area contributed by atoms with Crippen molar-refractivity contribution in [2.24, 2.45) is 0 Å². The zero-order chi connectivity index (χ0) is 38.1. The van der Waals surface area contributed by atoms with Crippen molar-refractivity contribution in [2.75, 3.05) is 28.2 Å². The largest absolute Gasteiger partial charge is 0.349 e. The summed E-state index contributed by atoms with van der Waals surface area (Å²) in [5, 5.41) is 11.8. The molecule has 9 rings (SSSR count). The minimum atomic E-state index is -0.456. The van der Waals surface area contributed by atoms with Crippen LogP contribution >= 0.6 is 0 Å². The summed E-state index contributed by atoms with van der Waals surface area (Å²) in [6.07, 6.45) is 9.06. The van der Waals surface area contributed by atoms with E-state index in [1.54, 1.807) is 42.0 Å². The van der Waals surface area contributed by atoms with Gasteiger partial charge in [0.15, 0.2) is 11.3 Å². The van der Waals surface area contributed by atoms with E-state index in [9.17, 15) is 18.0 Å². The van der Waals surface area contributed by atoms with Crippen molar-refractivity contribution >= 4 is 34.5 Å². The van der Waals surface area contributed by atoms with Gasteiger partial charge in [-0.3, -0.25) is 9.78 Å². The van der Waals surface area contributed by atoms with E-state index >= 15 is 0 Å². The van der Waals surface area contributed by atoms with E-state index in [2.05, 4.69) is 30.3 Å². The first-order chi connectivity index (χ1) is 26.7. The van der Waals surface area contributed by atoms with Gasteiger partial charge in [-0.15, -0.1) is 5.10 Å². The van der Waals surface area contributed by atoms with Crippen molar-refractivity contribution in [1.82, 2.24) is 34.2 Å². The van der Waals surface area contributed by atoms with Gasteiger partial charge in [0, 0.05) is 37.0 Å². The summed E-state index contributed by atoms with van der Waals surface area (Å²) in [7, 11) is 0. The first-order valence-corrected chi connectivity index (χ1v) is 18.4. The van der Waals surface area contributed by atoms with Gasteiger partial charge in [0.2, 0.25) is 5.91 Å². The van der Waals surface area contributed by atoms with Gasteiger partial charge in [-0.1, -0.05) is 25.1 Å². The molecule has 2 aliphatic heterocycles. The molecule has 11 nitrogen and oxygen atoms in total. The Morgan fingerprint density at radius 1 is 0.836 bits per heavy atom. The average molecular weight is 745 g/mol. The Morgan fingerprint density at radius 3 is 2.42 bits per heavy atom. The van der Waals surface area contributed by atoms with Crippen molar-refractivity contribution in [1.29, 1.82) is 0 Å². The van der Waals surface area contributed by atoms with Gasteiger partial charge in [-0.2, -0.15) is 5.10 Å². The number of imidazole rings is 1. The Labute approximate surface area is 315 Å². The second kappa shape index (κ2) is 15.2. The molecule has 0 spiro atoms. The number of carbonyl (C=O) groups is 1. The van der Waals surface area contributed by atoms with Crippen molar-refractivity contribution in [3.8, 4) is 11.4 Å². The van der Waals surface area contributed by atoms with E-state index in [0.717, 1.165) is 72.1 Å². The van der Waals surface area contributed by atoms with E-state index in [1.807, 2.05) is 58.9 Å². The topological polar surface area (TPSA) is 109 Å². The zero-order valence-corrected chi connectivity index (χ0v) is 30.4. The normalized spacial score (nSPS) is 16.8. The molecule has 280 valence electrons. The minimum absolute atomic E-state index is 0.127. The van der Waals surface area contributed by atoms with Crippen molar-refractivity contribution in [3.63, 3.8) is 0 Å². The number of nitrogens with zero attached hydrogens (tertiary/aromatic N) is 9. The van der Waals surface area contributed by atoms with E-state index in [1.165, 1.54) is 12.1 Å². The fourth-order valence-corrected chi connectivity index (χ4v) is 7.46. The number of anilines is 3. The van der Waals surface area contributed by atoms with Gasteiger partial charge in [0.1, 0.15) is 40.5 Å². The second-order valence-electron chi connectivity index (χ2n) is 13.7. The molecule has 14 heteroatoms. The Hall–Kier alpha value is -6.31. The van der Waals surface area contributed by atoms with Crippen LogP contribution in [0.25, 0.3) is 22.7 Å². The molecule has 2 fully saturated rings. The number of aryl methyl sites for hydroxylation is 1. The zero-order valence-electron chi connectivity index (χ0n) is 30.4. The number of pyridine rings is 1. The molecule has 7 heterocycles. The molecule has 1 N–H and O–H groups in total. The molecule has 7 aromatic rings. The van der Waals surface area contributed by atoms with Crippen molar-refractivity contribution in [3.05, 3.63) is 132 Å². The number of fused-ring (bicyclic) bond motifs is 2. The van der Waals surface area contributed by atoms with Crippen LogP contribution in [-0.2, 0) is 4.79 Å². The van der Waals surface area contributed by atoms with Crippen LogP contribution in [0.2, 0.25) is 0 Å². The number of aromatic nitrogens is 7. The lowest BCUT2D eigenvalue weighted by Crippen LogP contribution is -2.24. The van der Waals surface area contributed by atoms with Crippen LogP contribution in [0.4, 0.5) is 30.5 Å². The SMILES string of the molecule is CCC(=O)Nc1cnn2ccc(N3CCC[C@@H]3c3cc(F)ccc3F)nc12.Cc1cccc(-c2cnc3ccc(N4CCC[C@@H]4c4cccc(F)c4)nn23)n1. The lowest BCUT2D eigenvalue weighted by atomic mass is 10.0. The molecule has 2 saturated heterocycles. The summed E-state index contributed by atoms with van der Waals surface area (Å²) in [5.74, 6) is 0.303. The summed E-state index contributed by atoms with van der Waals surface area (Å²) in [5.41, 5.74) is 5.81. The molecule has 0 radical (unpaired) electrons. The van der Waals surface area contributed by atoms with Gasteiger partial charge in [0.05, 0.1) is 30.2 Å². The van der Waals surface area contributed by atoms with Gasteiger partial charge < -0.3 is 15.1 Å². The molecular weight excluding hydrogens is 706 g/mol. The molecule has 1 amide bonds. The molecule has 0 unspecified atom stereocenters. The van der Waals surface area contributed by atoms with E-state index in [4.69, 9.17) is 5.10 Å². The number of amides is 1. The number of rotatable bonds is 7. The molecule has 0 saturated carbocycles. The maximum Gasteiger partial charge on any atom is 0.224 e. The minimum Gasteiger partial charge on any atom is -0.349 e. The summed E-state index contributed by atoms with van der Waals surface area (Å²) in [4.78, 5) is 29.6. The first-order valence-electron chi connectivity index (χ1n) is 18.4. The summed E-state index contributed by atoms with van der Waals surface area (Å²) in [6, 6.07) is 21.9. The molecule has 2 aliphatic rings. The fourth-order valence-electron chi connectivity index (χ4n) is 7.46. The average Bonchev–Trinajstić information content (AvgIpc) is 4.02. The maximum absolute atomic E-state index is 14.3. The lowest BCUT2D eigenvalue weighted by Gasteiger charge is -2.26. The predicted molar refractivity (Wildman–Crippen MR) is 204 cm³/mol. The summed E-state index contributed by atoms with van der Waals surface area (Å²) in [6.45, 7) is 5.32. The van der Waals surface area contributed by atoms with Gasteiger partial charge in [-0.25, -0.2) is 32.2 Å². The third-order valence-electron chi connectivity index (χ3n) is 10.1. The van der Waals surface area contributed by atoms with Crippen LogP contribution < -0.4 is 15.1 Å². The van der Waals surface area contributed by atoms with Gasteiger partial charge in [0.25, 0.3) is 0 Å². The highest BCUT2D eigenvalue weighted by atomic mass is 19.1. The number of carbonyl (C=O) groups excluding carboxylic acids is 1. The van der Waals surface area contributed by atoms with Crippen LogP contribution in [0.1, 0.15) is 67.9 Å². The Kier molecular flexibility index (Phi) is 9.87. The maximum atomic E-state index is 14.3. The third kappa shape index (κ3) is 7.31. The molecule has 55 heavy (non-hydrogen) atoms. The van der Waals surface area contributed by atoms with Gasteiger partial charge in [-0.05, 0) is 98.8 Å². The van der Waals surface area contributed by atoms with Crippen molar-refractivity contribution < 1.29 is 18.0 Å². The fraction of sp³-hybridized carbons (Fsp3) is 0.268. The number of nitrogens with one attached hydrogen (secondary N) is 1. The van der Waals surface area contributed by atoms with Crippen molar-refractivity contribution in [2.45, 2.75) is 58.0 Å². The number of benzene rings is 2. The quantitative estimate of drug-likeness (QED) is 0.174. The Bertz CT molecular complexity index is 2500. The van der Waals surface area contributed by atoms with Crippen LogP contribution in [0, 0.1) is 24.4 Å². The van der Waals surface area contributed by atoms with E-state index in [-0.39, 0.29) is 23.8 Å². The molecule has 2 aromatic carbocycles. The predicted octanol–water partition coefficient (Wildman–Crippen LogP) is 8.28. The highest BCUT2D eigenvalue weighted by Crippen LogP contribution is 2.38. The van der Waals surface area contributed by atoms with Gasteiger partial charge >= 0.3 is 0 Å². The molecule has 2 atom stereocenters. The third-order valence-corrected chi connectivity index (χ3v) is 10.1. The molecule has 0 bridgehead atoms. The van der Waals surface area contributed by atoms with Crippen LogP contribution in [-0.4, -0.2) is 53.2 Å². The summed E-state index contributed by atoms with van der Waals surface area (Å²) < 4.78 is 45.1. The highest BCUT2D eigenvalue weighted by Gasteiger charge is 2.31. The monoisotopic (exact) mass is 744 g/mol. The standard InChI is InChI=1S/C22H20FN5.C19H19F2N5O/c1-15-5-2-8-18(25-15)20-14-24-21-10-11-22(26-28(20)21)27-12-4-9-19(27)16-6-3-7-17(23)13-16;1-2-18(27)23-15-11-22-26-9-7-17(24-19(15)26)25-8-3-4-16(25)13-10-12(20)5-6-14(13)21/h2-3,5-8,10-11,13-14,19H,4,9,12H2,1H3;5-7,9-11,16H,2-4,8H2,1H3,(H,23,27)/t19-;16-/m11/s1. The lowest BCUT2D eigenvalue weighted by molar-refractivity contribution is -0.115. The highest BCUT2D eigenvalue weighted by molar-refractivity contribution is 5.94. The Balaban J connectivity index is 0.000000155. The molecule has 0 aliphatic carbocycles. The number of hydrogen-bond acceptors (Lipinski definition) is 8. The smallest absolute Gasteiger partial charge is 0.224 e. The molecule has 5 aromatic heterocycles. The van der Waals surface area contributed by atoms with E-state index in [0.29, 0.717) is 42.1 Å². The molecular formula is C41H39F3N10O. The summed E-state index contributed by atoms with van der Waals surface area (Å²) >= 11 is 0. The first kappa shape index (κ1) is 35.7. The van der Waals surface area contributed by atoms with Crippen LogP contribution in [0.5, 0.6) is 0 Å². The van der Waals surface area contributed by atoms with E-state index < -0.39 is 11.6 Å². The second-order valence-corrected chi connectivity index (χ2v) is 13.7. The Morgan fingerprint density at radius 2 is 1.62 bits per heavy atom. The number of hydrogen-bond donors (Lipinski definition) is 1. The number of halogens is 3.